The zero-order valence-electron chi connectivity index (χ0n) is 17.9. The standard InChI is InChI=1S/C25H22Cl2N2O5/c26-18-12-19(27)14-20(13-18)29-25(34)22(16-5-7-21(30)8-6-16)11-15-1-3-17(4-2-15)24(33)28-10-9-23(31)32/h1-8,12-14,22,30H,9-11H2,(H,28,33)(H,29,34)(H,31,32). The van der Waals surface area contributed by atoms with E-state index in [1.165, 1.54) is 12.1 Å². The molecule has 0 heterocycles. The Labute approximate surface area is 206 Å². The minimum Gasteiger partial charge on any atom is -0.508 e. The van der Waals surface area contributed by atoms with E-state index in [0.717, 1.165) is 5.56 Å². The third-order valence-electron chi connectivity index (χ3n) is 5.02. The molecule has 34 heavy (non-hydrogen) atoms. The van der Waals surface area contributed by atoms with Gasteiger partial charge in [-0.1, -0.05) is 47.5 Å². The molecule has 7 nitrogen and oxygen atoms in total. The van der Waals surface area contributed by atoms with Gasteiger partial charge in [0.05, 0.1) is 12.3 Å². The molecule has 3 aromatic carbocycles. The molecule has 1 unspecified atom stereocenters. The van der Waals surface area contributed by atoms with E-state index >= 15 is 0 Å². The molecule has 1 atom stereocenters. The highest BCUT2D eigenvalue weighted by Crippen LogP contribution is 2.27. The Balaban J connectivity index is 1.77. The number of nitrogens with one attached hydrogen (secondary N) is 2. The largest absolute Gasteiger partial charge is 0.508 e. The molecule has 3 rings (SSSR count). The average Bonchev–Trinajstić information content (AvgIpc) is 2.77. The number of amides is 2. The van der Waals surface area contributed by atoms with Crippen LogP contribution in [0.4, 0.5) is 5.69 Å². The van der Waals surface area contributed by atoms with Gasteiger partial charge in [-0.05, 0) is 60.0 Å². The molecule has 176 valence electrons. The van der Waals surface area contributed by atoms with Crippen molar-refractivity contribution < 1.29 is 24.6 Å². The van der Waals surface area contributed by atoms with E-state index in [1.807, 2.05) is 0 Å². The number of carbonyl (C=O) groups is 3. The van der Waals surface area contributed by atoms with Gasteiger partial charge in [0.15, 0.2) is 0 Å². The summed E-state index contributed by atoms with van der Waals surface area (Å²) in [5.74, 6) is -2.18. The van der Waals surface area contributed by atoms with E-state index in [2.05, 4.69) is 10.6 Å². The first-order valence-electron chi connectivity index (χ1n) is 10.4. The van der Waals surface area contributed by atoms with Crippen molar-refractivity contribution in [1.82, 2.24) is 5.32 Å². The average molecular weight is 501 g/mol. The van der Waals surface area contributed by atoms with Crippen molar-refractivity contribution in [3.05, 3.63) is 93.5 Å². The maximum Gasteiger partial charge on any atom is 0.305 e. The number of phenolic OH excluding ortho intramolecular Hbond substituents is 1. The Morgan fingerprint density at radius 3 is 2.09 bits per heavy atom. The molecule has 0 fully saturated rings. The lowest BCUT2D eigenvalue weighted by Gasteiger charge is -2.18. The third kappa shape index (κ3) is 7.23. The number of aromatic hydroxyl groups is 1. The molecule has 2 amide bonds. The zero-order chi connectivity index (χ0) is 24.7. The highest BCUT2D eigenvalue weighted by molar-refractivity contribution is 6.35. The Hall–Kier alpha value is -3.55. The molecule has 0 saturated heterocycles. The molecule has 0 aromatic heterocycles. The summed E-state index contributed by atoms with van der Waals surface area (Å²) >= 11 is 12.1. The van der Waals surface area contributed by atoms with Gasteiger partial charge < -0.3 is 20.8 Å². The van der Waals surface area contributed by atoms with Gasteiger partial charge in [-0.2, -0.15) is 0 Å². The van der Waals surface area contributed by atoms with E-state index in [-0.39, 0.29) is 30.5 Å². The molecular formula is C25H22Cl2N2O5. The van der Waals surface area contributed by atoms with E-state index < -0.39 is 11.9 Å². The van der Waals surface area contributed by atoms with Crippen LogP contribution in [0, 0.1) is 0 Å². The van der Waals surface area contributed by atoms with Crippen molar-refractivity contribution in [2.75, 3.05) is 11.9 Å². The second-order valence-electron chi connectivity index (χ2n) is 7.59. The molecule has 0 bridgehead atoms. The quantitative estimate of drug-likeness (QED) is 0.334. The van der Waals surface area contributed by atoms with Crippen molar-refractivity contribution in [2.45, 2.75) is 18.8 Å². The normalized spacial score (nSPS) is 11.5. The zero-order valence-corrected chi connectivity index (χ0v) is 19.4. The minimum absolute atomic E-state index is 0.0343. The van der Waals surface area contributed by atoms with Crippen molar-refractivity contribution >= 4 is 46.7 Å². The van der Waals surface area contributed by atoms with Crippen molar-refractivity contribution in [3.63, 3.8) is 0 Å². The van der Waals surface area contributed by atoms with Crippen LogP contribution in [0.1, 0.15) is 33.8 Å². The van der Waals surface area contributed by atoms with Crippen LogP contribution in [-0.4, -0.2) is 34.5 Å². The molecule has 0 radical (unpaired) electrons. The first-order chi connectivity index (χ1) is 16.2. The number of hydrogen-bond acceptors (Lipinski definition) is 4. The molecule has 4 N–H and O–H groups in total. The third-order valence-corrected chi connectivity index (χ3v) is 5.46. The summed E-state index contributed by atoms with van der Waals surface area (Å²) in [7, 11) is 0. The summed E-state index contributed by atoms with van der Waals surface area (Å²) < 4.78 is 0. The lowest BCUT2D eigenvalue weighted by atomic mass is 9.90. The smallest absolute Gasteiger partial charge is 0.305 e. The van der Waals surface area contributed by atoms with Crippen LogP contribution < -0.4 is 10.6 Å². The fraction of sp³-hybridized carbons (Fsp3) is 0.160. The molecule has 9 heteroatoms. The molecule has 3 aromatic rings. The highest BCUT2D eigenvalue weighted by Gasteiger charge is 2.22. The molecule has 0 aliphatic heterocycles. The number of aliphatic carboxylic acids is 1. The fourth-order valence-corrected chi connectivity index (χ4v) is 3.86. The van der Waals surface area contributed by atoms with Gasteiger partial charge in [0.1, 0.15) is 5.75 Å². The lowest BCUT2D eigenvalue weighted by molar-refractivity contribution is -0.136. The summed E-state index contributed by atoms with van der Waals surface area (Å²) in [5, 5.41) is 24.5. The van der Waals surface area contributed by atoms with Gasteiger partial charge in [-0.3, -0.25) is 14.4 Å². The second-order valence-corrected chi connectivity index (χ2v) is 8.47. The first kappa shape index (κ1) is 25.1. The lowest BCUT2D eigenvalue weighted by Crippen LogP contribution is -2.26. The number of carboxylic acid groups (broad SMARTS) is 1. The Morgan fingerprint density at radius 1 is 0.882 bits per heavy atom. The van der Waals surface area contributed by atoms with Gasteiger partial charge in [0.2, 0.25) is 5.91 Å². The van der Waals surface area contributed by atoms with Crippen molar-refractivity contribution in [1.29, 1.82) is 0 Å². The minimum atomic E-state index is -0.991. The maximum atomic E-state index is 13.2. The van der Waals surface area contributed by atoms with E-state index in [1.54, 1.807) is 54.6 Å². The Morgan fingerprint density at radius 2 is 1.50 bits per heavy atom. The predicted octanol–water partition coefficient (Wildman–Crippen LogP) is 4.87. The highest BCUT2D eigenvalue weighted by atomic mass is 35.5. The summed E-state index contributed by atoms with van der Waals surface area (Å²) in [4.78, 5) is 36.0. The van der Waals surface area contributed by atoms with Crippen LogP contribution in [0.15, 0.2) is 66.7 Å². The van der Waals surface area contributed by atoms with Gasteiger partial charge in [0.25, 0.3) is 5.91 Å². The van der Waals surface area contributed by atoms with Gasteiger partial charge >= 0.3 is 5.97 Å². The van der Waals surface area contributed by atoms with Crippen molar-refractivity contribution in [3.8, 4) is 5.75 Å². The number of phenols is 1. The number of anilines is 1. The van der Waals surface area contributed by atoms with Crippen LogP contribution in [0.25, 0.3) is 0 Å². The number of benzene rings is 3. The predicted molar refractivity (Wildman–Crippen MR) is 131 cm³/mol. The monoisotopic (exact) mass is 500 g/mol. The molecular weight excluding hydrogens is 479 g/mol. The van der Waals surface area contributed by atoms with Crippen LogP contribution in [0.2, 0.25) is 10.0 Å². The molecule has 0 aliphatic rings. The SMILES string of the molecule is O=C(O)CCNC(=O)c1ccc(CC(C(=O)Nc2cc(Cl)cc(Cl)c2)c2ccc(O)cc2)cc1. The number of carbonyl (C=O) groups excluding carboxylic acids is 2. The number of hydrogen-bond donors (Lipinski definition) is 4. The topological polar surface area (TPSA) is 116 Å². The Bertz CT molecular complexity index is 1160. The Kier molecular flexibility index (Phi) is 8.51. The van der Waals surface area contributed by atoms with Gasteiger partial charge in [-0.25, -0.2) is 0 Å². The van der Waals surface area contributed by atoms with Crippen LogP contribution in [0.5, 0.6) is 5.75 Å². The first-order valence-corrected chi connectivity index (χ1v) is 11.1. The summed E-state index contributed by atoms with van der Waals surface area (Å²) in [6.45, 7) is 0.0343. The number of carboxylic acids is 1. The van der Waals surface area contributed by atoms with Gasteiger partial charge in [0, 0.05) is 27.8 Å². The summed E-state index contributed by atoms with van der Waals surface area (Å²) in [5.41, 5.74) is 2.34. The van der Waals surface area contributed by atoms with Crippen LogP contribution in [0.3, 0.4) is 0 Å². The fourth-order valence-electron chi connectivity index (χ4n) is 3.34. The van der Waals surface area contributed by atoms with Crippen LogP contribution >= 0.6 is 23.2 Å². The second kappa shape index (κ2) is 11.5. The number of halogens is 2. The summed E-state index contributed by atoms with van der Waals surface area (Å²) in [6.07, 6.45) is 0.164. The summed E-state index contributed by atoms with van der Waals surface area (Å²) in [6, 6.07) is 17.8. The van der Waals surface area contributed by atoms with E-state index in [0.29, 0.717) is 33.3 Å². The molecule has 0 aliphatic carbocycles. The molecule has 0 saturated carbocycles. The maximum absolute atomic E-state index is 13.2. The van der Waals surface area contributed by atoms with E-state index in [4.69, 9.17) is 28.3 Å². The van der Waals surface area contributed by atoms with E-state index in [9.17, 15) is 19.5 Å². The van der Waals surface area contributed by atoms with Crippen molar-refractivity contribution in [2.24, 2.45) is 0 Å². The van der Waals surface area contributed by atoms with Crippen LogP contribution in [-0.2, 0) is 16.0 Å². The number of rotatable bonds is 9. The van der Waals surface area contributed by atoms with Gasteiger partial charge in [-0.15, -0.1) is 0 Å². The molecule has 0 spiro atoms.